The summed E-state index contributed by atoms with van der Waals surface area (Å²) < 4.78 is 25.6. The molecule has 4 fully saturated rings. The largest absolute Gasteiger partial charge is 0.485 e. The number of piperidine rings is 1. The number of likely N-dealkylation sites (tertiary alicyclic amines) is 1. The van der Waals surface area contributed by atoms with Gasteiger partial charge in [-0.25, -0.2) is 9.97 Å². The van der Waals surface area contributed by atoms with E-state index in [1.54, 1.807) is 14.2 Å². The van der Waals surface area contributed by atoms with Crippen LogP contribution in [0.5, 0.6) is 23.3 Å². The maximum atomic E-state index is 12.3. The number of hydrogen-bond acceptors (Lipinski definition) is 10. The summed E-state index contributed by atoms with van der Waals surface area (Å²) in [5.41, 5.74) is 15.0. The van der Waals surface area contributed by atoms with Gasteiger partial charge in [0.15, 0.2) is 0 Å². The van der Waals surface area contributed by atoms with Crippen LogP contribution in [0.2, 0.25) is 0 Å². The molecule has 3 saturated carbocycles. The van der Waals surface area contributed by atoms with E-state index in [2.05, 4.69) is 127 Å². The van der Waals surface area contributed by atoms with Crippen molar-refractivity contribution < 1.29 is 38.7 Å². The van der Waals surface area contributed by atoms with Crippen LogP contribution in [0, 0.1) is 23.7 Å². The van der Waals surface area contributed by atoms with Crippen molar-refractivity contribution in [1.82, 2.24) is 19.8 Å². The summed E-state index contributed by atoms with van der Waals surface area (Å²) >= 11 is 0. The second-order valence-electron chi connectivity index (χ2n) is 25.7. The van der Waals surface area contributed by atoms with Crippen LogP contribution in [0.3, 0.4) is 0 Å². The number of hydrogen-bond donors (Lipinski definition) is 2. The molecule has 2 aromatic heterocycles. The first-order valence-corrected chi connectivity index (χ1v) is 31.0. The van der Waals surface area contributed by atoms with Crippen molar-refractivity contribution in [3.05, 3.63) is 153 Å². The highest BCUT2D eigenvalue weighted by Gasteiger charge is 2.49. The van der Waals surface area contributed by atoms with Gasteiger partial charge in [-0.1, -0.05) is 80.9 Å². The molecule has 12 heteroatoms. The summed E-state index contributed by atoms with van der Waals surface area (Å²) in [6.45, 7) is 13.2. The van der Waals surface area contributed by atoms with Gasteiger partial charge >= 0.3 is 11.9 Å². The Hall–Kier alpha value is -6.76. The predicted molar refractivity (Wildman–Crippen MR) is 323 cm³/mol. The van der Waals surface area contributed by atoms with E-state index >= 15 is 0 Å². The van der Waals surface area contributed by atoms with E-state index in [1.807, 2.05) is 26.1 Å². The molecule has 436 valence electrons. The molecular formula is C71H84N4O8. The molecule has 0 bridgehead atoms. The highest BCUT2D eigenvalue weighted by atomic mass is 16.5. The molecule has 1 saturated heterocycles. The third-order valence-corrected chi connectivity index (χ3v) is 19.9. The lowest BCUT2D eigenvalue weighted by Gasteiger charge is -2.37. The standard InChI is InChI=1S/C71H84N4O8/c1-42(2)75(41-57-34-52(18-22-59(57)50-26-30-72-65(38-50)80-6)62-25-21-47-11-17-54(37-64(47)83-62)68(49-14-15-49)45(5)70(78)79)43(3)32-58-35-55(39-66(73-58)81-7)60-23-19-51(33-56(60)40-74-31-9-8-27-71(74)28-29-71)61-24-20-46-10-16-53(36-63(46)82-61)67(48-12-13-48)44(4)69(76)77/h10-11,16-19,22-23,26,30,33-39,42-45,48-49,61-62,67-68H,8-9,12-15,20-21,24-25,27-29,31-32,40-41H2,1-7H3,(H,76,77)(H,78,79)/t43?,44-,45-,61?,62?,67-,68-/m0/s1. The number of aromatic nitrogens is 2. The Morgan fingerprint density at radius 3 is 1.76 bits per heavy atom. The summed E-state index contributed by atoms with van der Waals surface area (Å²) in [5, 5.41) is 20.1. The fourth-order valence-electron chi connectivity index (χ4n) is 14.7. The first kappa shape index (κ1) is 56.7. The van der Waals surface area contributed by atoms with E-state index in [1.165, 1.54) is 65.5 Å². The topological polar surface area (TPSA) is 144 Å². The van der Waals surface area contributed by atoms with Gasteiger partial charge in [-0.2, -0.15) is 0 Å². The minimum absolute atomic E-state index is 0.0140. The van der Waals surface area contributed by atoms with Gasteiger partial charge in [0.1, 0.15) is 23.7 Å². The van der Waals surface area contributed by atoms with Crippen molar-refractivity contribution in [2.24, 2.45) is 23.7 Å². The fourth-order valence-corrected chi connectivity index (χ4v) is 14.7. The highest BCUT2D eigenvalue weighted by Crippen LogP contribution is 2.52. The van der Waals surface area contributed by atoms with Crippen molar-refractivity contribution in [2.75, 3.05) is 20.8 Å². The minimum Gasteiger partial charge on any atom is -0.485 e. The zero-order chi connectivity index (χ0) is 57.7. The van der Waals surface area contributed by atoms with Crippen LogP contribution >= 0.6 is 0 Å². The van der Waals surface area contributed by atoms with E-state index < -0.39 is 23.8 Å². The van der Waals surface area contributed by atoms with Crippen molar-refractivity contribution >= 4 is 11.9 Å². The Morgan fingerprint density at radius 1 is 0.651 bits per heavy atom. The van der Waals surface area contributed by atoms with E-state index in [0.717, 1.165) is 115 Å². The Bertz CT molecular complexity index is 3360. The van der Waals surface area contributed by atoms with Crippen LogP contribution in [0.1, 0.15) is 179 Å². The third-order valence-electron chi connectivity index (χ3n) is 19.9. The average molecular weight is 1120 g/mol. The SMILES string of the molecule is COc1cc(-c2ccc(C3CCc4ccc([C@H](C5CC5)[C@H](C)C(=O)O)cc4O3)cc2CN(C(C)C)C(C)Cc2cc(-c3ccc(C4CCc5ccc([C@H](C6CC6)[C@H](C)C(=O)O)cc5O4)cc3CN3CCCCC34CC4)cc(OC)n2)ccn1. The van der Waals surface area contributed by atoms with Crippen LogP contribution < -0.4 is 18.9 Å². The molecular weight excluding hydrogens is 1040 g/mol. The van der Waals surface area contributed by atoms with Crippen molar-refractivity contribution in [3.63, 3.8) is 0 Å². The zero-order valence-corrected chi connectivity index (χ0v) is 49.7. The number of ether oxygens (including phenoxy) is 4. The molecule has 12 rings (SSSR count). The van der Waals surface area contributed by atoms with Crippen molar-refractivity contribution in [1.29, 1.82) is 0 Å². The quantitative estimate of drug-likeness (QED) is 0.0668. The summed E-state index contributed by atoms with van der Waals surface area (Å²) in [6, 6.07) is 35.4. The zero-order valence-electron chi connectivity index (χ0n) is 49.7. The Labute approximate surface area is 491 Å². The lowest BCUT2D eigenvalue weighted by atomic mass is 9.82. The smallest absolute Gasteiger partial charge is 0.306 e. The molecule has 3 aliphatic carbocycles. The third kappa shape index (κ3) is 12.2. The lowest BCUT2D eigenvalue weighted by molar-refractivity contribution is -0.143. The first-order valence-electron chi connectivity index (χ1n) is 31.0. The molecule has 3 unspecified atom stereocenters. The number of rotatable bonds is 22. The second kappa shape index (κ2) is 23.7. The van der Waals surface area contributed by atoms with Gasteiger partial charge in [-0.15, -0.1) is 0 Å². The average Bonchev–Trinajstić information content (AvgIpc) is 4.49. The number of benzene rings is 4. The van der Waals surface area contributed by atoms with Gasteiger partial charge in [0.05, 0.1) is 26.1 Å². The van der Waals surface area contributed by atoms with E-state index in [9.17, 15) is 19.8 Å². The monoisotopic (exact) mass is 1120 g/mol. The summed E-state index contributed by atoms with van der Waals surface area (Å²) in [4.78, 5) is 39.5. The van der Waals surface area contributed by atoms with Crippen LogP contribution in [0.4, 0.5) is 0 Å². The number of carboxylic acid groups (broad SMARTS) is 2. The molecule has 3 aliphatic heterocycles. The van der Waals surface area contributed by atoms with Gasteiger partial charge < -0.3 is 29.2 Å². The predicted octanol–water partition coefficient (Wildman–Crippen LogP) is 14.7. The van der Waals surface area contributed by atoms with E-state index in [4.69, 9.17) is 23.9 Å². The number of fused-ring (bicyclic) bond motifs is 2. The first-order chi connectivity index (χ1) is 40.1. The second-order valence-corrected chi connectivity index (χ2v) is 25.7. The highest BCUT2D eigenvalue weighted by molar-refractivity contribution is 5.73. The molecule has 5 heterocycles. The summed E-state index contributed by atoms with van der Waals surface area (Å²) in [5.74, 6) is 1.26. The van der Waals surface area contributed by atoms with Crippen molar-refractivity contribution in [3.8, 4) is 45.5 Å². The maximum Gasteiger partial charge on any atom is 0.306 e. The molecule has 2 N–H and O–H groups in total. The fraction of sp³-hybridized carbons (Fsp3) is 0.493. The van der Waals surface area contributed by atoms with Gasteiger partial charge in [0, 0.05) is 61.2 Å². The molecule has 6 aromatic rings. The molecule has 12 nitrogen and oxygen atoms in total. The number of aryl methyl sites for hydroxylation is 2. The molecule has 7 atom stereocenters. The number of aliphatic carboxylic acids is 2. The van der Waals surface area contributed by atoms with Gasteiger partial charge in [0.25, 0.3) is 0 Å². The Balaban J connectivity index is 0.833. The number of nitrogens with zero attached hydrogens (tertiary/aromatic N) is 4. The number of carbonyl (C=O) groups is 2. The van der Waals surface area contributed by atoms with Crippen LogP contribution in [0.15, 0.2) is 103 Å². The van der Waals surface area contributed by atoms with E-state index in [-0.39, 0.29) is 36.1 Å². The normalized spacial score (nSPS) is 21.0. The lowest BCUT2D eigenvalue weighted by Crippen LogP contribution is -2.40. The Morgan fingerprint density at radius 2 is 1.22 bits per heavy atom. The molecule has 83 heavy (non-hydrogen) atoms. The van der Waals surface area contributed by atoms with Gasteiger partial charge in [-0.05, 0) is 219 Å². The van der Waals surface area contributed by atoms with Crippen LogP contribution in [0.25, 0.3) is 22.3 Å². The van der Waals surface area contributed by atoms with Crippen molar-refractivity contribution in [2.45, 2.75) is 179 Å². The van der Waals surface area contributed by atoms with Crippen LogP contribution in [-0.2, 0) is 41.9 Å². The van der Waals surface area contributed by atoms with Gasteiger partial charge in [-0.3, -0.25) is 19.4 Å². The molecule has 0 amide bonds. The minimum atomic E-state index is -0.750. The molecule has 1 spiro atoms. The summed E-state index contributed by atoms with van der Waals surface area (Å²) in [6.07, 6.45) is 16.3. The van der Waals surface area contributed by atoms with Gasteiger partial charge in [0.2, 0.25) is 11.8 Å². The maximum absolute atomic E-state index is 12.3. The van der Waals surface area contributed by atoms with Crippen LogP contribution in [-0.4, -0.2) is 80.3 Å². The molecule has 4 aromatic carbocycles. The molecule has 0 radical (unpaired) electrons. The number of carboxylic acids is 2. The Kier molecular flexibility index (Phi) is 16.2. The summed E-state index contributed by atoms with van der Waals surface area (Å²) in [7, 11) is 3.37. The molecule has 6 aliphatic rings. The number of methoxy groups -OCH3 is 2. The number of pyridine rings is 2. The van der Waals surface area contributed by atoms with E-state index in [0.29, 0.717) is 42.1 Å².